The van der Waals surface area contributed by atoms with Crippen molar-refractivity contribution in [1.29, 1.82) is 0 Å². The van der Waals surface area contributed by atoms with Crippen LogP contribution in [0.3, 0.4) is 0 Å². The van der Waals surface area contributed by atoms with Gasteiger partial charge in [-0.15, -0.1) is 16.3 Å². The first-order chi connectivity index (χ1) is 16.3. The number of aromatic nitrogens is 2. The second-order valence-corrected chi connectivity index (χ2v) is 8.97. The molecule has 2 heterocycles. The summed E-state index contributed by atoms with van der Waals surface area (Å²) in [7, 11) is 0. The lowest BCUT2D eigenvalue weighted by Gasteiger charge is -2.11. The van der Waals surface area contributed by atoms with E-state index in [-0.39, 0.29) is 23.8 Å². The summed E-state index contributed by atoms with van der Waals surface area (Å²) < 4.78 is 11.6. The molecule has 0 bridgehead atoms. The fourth-order valence-corrected chi connectivity index (χ4v) is 3.94. The zero-order valence-electron chi connectivity index (χ0n) is 18.3. The van der Waals surface area contributed by atoms with Gasteiger partial charge in [-0.1, -0.05) is 17.7 Å². The minimum absolute atomic E-state index is 0.178. The number of thioether (sulfide) groups is 1. The highest BCUT2D eigenvalue weighted by molar-refractivity contribution is 8.00. The third-order valence-corrected chi connectivity index (χ3v) is 6.07. The number of ether oxygens (including phenoxy) is 1. The number of carbonyl (C=O) groups excluding carboxylic acids is 2. The van der Waals surface area contributed by atoms with E-state index in [1.54, 1.807) is 43.3 Å². The number of halogens is 1. The molecule has 4 aromatic rings. The zero-order chi connectivity index (χ0) is 24.2. The van der Waals surface area contributed by atoms with Gasteiger partial charge in [0, 0.05) is 27.7 Å². The van der Waals surface area contributed by atoms with Gasteiger partial charge in [0.15, 0.2) is 5.65 Å². The summed E-state index contributed by atoms with van der Waals surface area (Å²) in [4.78, 5) is 42.3. The Hall–Kier alpha value is -3.56. The largest absolute Gasteiger partial charge is 0.456 e. The normalized spacial score (nSPS) is 10.9. The molecule has 1 amide bonds. The molecule has 0 aliphatic carbocycles. The van der Waals surface area contributed by atoms with Crippen LogP contribution in [-0.4, -0.2) is 27.2 Å². The number of esters is 1. The Bertz CT molecular complexity index is 1430. The fourth-order valence-electron chi connectivity index (χ4n) is 3.12. The van der Waals surface area contributed by atoms with Crippen LogP contribution in [0.5, 0.6) is 0 Å². The standard InChI is InChI=1S/C24H20ClN3O5S/c1-14-3-4-16(10-20(14)27-22(29)13-34-19-7-5-17(25)6-8-19)24(31)32-12-18-11-23(30)28-21(26-18)9-15(2)33-28/h3-11H,12-13H2,1-2H3,(H,27,29). The molecule has 2 aromatic carbocycles. The van der Waals surface area contributed by atoms with Crippen LogP contribution in [0, 0.1) is 13.8 Å². The van der Waals surface area contributed by atoms with Crippen molar-refractivity contribution in [1.82, 2.24) is 9.56 Å². The molecule has 0 aliphatic heterocycles. The summed E-state index contributed by atoms with van der Waals surface area (Å²) in [5, 5.41) is 3.46. The molecule has 0 saturated carbocycles. The molecule has 1 N–H and O–H groups in total. The van der Waals surface area contributed by atoms with Gasteiger partial charge in [-0.2, -0.15) is 0 Å². The van der Waals surface area contributed by atoms with Gasteiger partial charge in [-0.3, -0.25) is 9.59 Å². The Morgan fingerprint density at radius 1 is 1.12 bits per heavy atom. The number of anilines is 1. The molecule has 0 atom stereocenters. The summed E-state index contributed by atoms with van der Waals surface area (Å²) in [6.07, 6.45) is 0. The third-order valence-electron chi connectivity index (χ3n) is 4.81. The van der Waals surface area contributed by atoms with Crippen molar-refractivity contribution in [3.63, 3.8) is 0 Å². The van der Waals surface area contributed by atoms with Crippen LogP contribution in [0.1, 0.15) is 27.4 Å². The van der Waals surface area contributed by atoms with Gasteiger partial charge in [0.25, 0.3) is 5.56 Å². The highest BCUT2D eigenvalue weighted by Gasteiger charge is 2.14. The second kappa shape index (κ2) is 10.1. The molecule has 2 aromatic heterocycles. The van der Waals surface area contributed by atoms with Crippen LogP contribution in [0.25, 0.3) is 5.65 Å². The van der Waals surface area contributed by atoms with Gasteiger partial charge in [0.2, 0.25) is 5.91 Å². The number of hydrogen-bond donors (Lipinski definition) is 1. The SMILES string of the molecule is Cc1cc2nc(COC(=O)c3ccc(C)c(NC(=O)CSc4ccc(Cl)cc4)c3)cc(=O)n2o1. The van der Waals surface area contributed by atoms with Crippen molar-refractivity contribution in [3.8, 4) is 0 Å². The van der Waals surface area contributed by atoms with E-state index in [1.807, 2.05) is 19.1 Å². The topological polar surface area (TPSA) is 103 Å². The highest BCUT2D eigenvalue weighted by atomic mass is 35.5. The lowest BCUT2D eigenvalue weighted by Crippen LogP contribution is -2.16. The lowest BCUT2D eigenvalue weighted by molar-refractivity contribution is -0.113. The molecule has 0 saturated heterocycles. The average Bonchev–Trinajstić information content (AvgIpc) is 3.19. The van der Waals surface area contributed by atoms with Crippen molar-refractivity contribution in [2.75, 3.05) is 11.1 Å². The van der Waals surface area contributed by atoms with E-state index in [2.05, 4.69) is 10.3 Å². The van der Waals surface area contributed by atoms with E-state index in [9.17, 15) is 14.4 Å². The van der Waals surface area contributed by atoms with E-state index < -0.39 is 11.5 Å². The first-order valence-electron chi connectivity index (χ1n) is 10.2. The molecule has 0 unspecified atom stereocenters. The van der Waals surface area contributed by atoms with Crippen molar-refractivity contribution in [2.45, 2.75) is 25.3 Å². The monoisotopic (exact) mass is 497 g/mol. The molecule has 34 heavy (non-hydrogen) atoms. The van der Waals surface area contributed by atoms with Crippen LogP contribution in [0.4, 0.5) is 5.69 Å². The average molecular weight is 498 g/mol. The maximum atomic E-state index is 12.6. The number of nitrogens with one attached hydrogen (secondary N) is 1. The summed E-state index contributed by atoms with van der Waals surface area (Å²) in [6, 6.07) is 15.0. The van der Waals surface area contributed by atoms with Gasteiger partial charge in [0.1, 0.15) is 12.4 Å². The molecule has 10 heteroatoms. The van der Waals surface area contributed by atoms with Crippen LogP contribution < -0.4 is 10.9 Å². The minimum Gasteiger partial charge on any atom is -0.456 e. The van der Waals surface area contributed by atoms with E-state index in [0.717, 1.165) is 15.0 Å². The van der Waals surface area contributed by atoms with Crippen molar-refractivity contribution in [2.24, 2.45) is 0 Å². The maximum Gasteiger partial charge on any atom is 0.338 e. The predicted octanol–water partition coefficient (Wildman–Crippen LogP) is 4.65. The third kappa shape index (κ3) is 5.67. The number of aryl methyl sites for hydroxylation is 2. The van der Waals surface area contributed by atoms with Crippen molar-refractivity contribution < 1.29 is 18.8 Å². The first kappa shape index (κ1) is 23.6. The number of rotatable bonds is 7. The van der Waals surface area contributed by atoms with Crippen LogP contribution in [0.2, 0.25) is 5.02 Å². The van der Waals surface area contributed by atoms with E-state index in [4.69, 9.17) is 20.9 Å². The number of fused-ring (bicyclic) bond motifs is 1. The van der Waals surface area contributed by atoms with E-state index in [0.29, 0.717) is 27.8 Å². The maximum absolute atomic E-state index is 12.6. The van der Waals surface area contributed by atoms with Crippen LogP contribution >= 0.6 is 23.4 Å². The quantitative estimate of drug-likeness (QED) is 0.293. The lowest BCUT2D eigenvalue weighted by atomic mass is 10.1. The second-order valence-electron chi connectivity index (χ2n) is 7.48. The Labute approximate surface area is 203 Å². The van der Waals surface area contributed by atoms with Gasteiger partial charge < -0.3 is 14.6 Å². The number of nitrogens with zero attached hydrogens (tertiary/aromatic N) is 2. The molecule has 0 spiro atoms. The van der Waals surface area contributed by atoms with Crippen LogP contribution in [-0.2, 0) is 16.1 Å². The summed E-state index contributed by atoms with van der Waals surface area (Å²) >= 11 is 7.26. The highest BCUT2D eigenvalue weighted by Crippen LogP contribution is 2.22. The summed E-state index contributed by atoms with van der Waals surface area (Å²) in [5.41, 5.74) is 1.83. The summed E-state index contributed by atoms with van der Waals surface area (Å²) in [5.74, 6) is -0.0645. The summed E-state index contributed by atoms with van der Waals surface area (Å²) in [6.45, 7) is 3.36. The number of hydrogen-bond acceptors (Lipinski definition) is 7. The molecule has 4 rings (SSSR count). The van der Waals surface area contributed by atoms with Crippen LogP contribution in [0.15, 0.2) is 68.8 Å². The molecule has 0 radical (unpaired) electrons. The molecular weight excluding hydrogens is 478 g/mol. The van der Waals surface area contributed by atoms with Gasteiger partial charge in [0.05, 0.1) is 17.0 Å². The Morgan fingerprint density at radius 3 is 2.65 bits per heavy atom. The Kier molecular flexibility index (Phi) is 7.04. The van der Waals surface area contributed by atoms with E-state index >= 15 is 0 Å². The van der Waals surface area contributed by atoms with Crippen molar-refractivity contribution >= 4 is 46.6 Å². The van der Waals surface area contributed by atoms with E-state index in [1.165, 1.54) is 17.8 Å². The number of benzene rings is 2. The molecule has 0 fully saturated rings. The zero-order valence-corrected chi connectivity index (χ0v) is 19.9. The molecule has 0 aliphatic rings. The Balaban J connectivity index is 1.38. The molecule has 8 nitrogen and oxygen atoms in total. The fraction of sp³-hybridized carbons (Fsp3) is 0.167. The number of carbonyl (C=O) groups is 2. The van der Waals surface area contributed by atoms with Crippen molar-refractivity contribution in [3.05, 3.63) is 92.6 Å². The predicted molar refractivity (Wildman–Crippen MR) is 130 cm³/mol. The smallest absolute Gasteiger partial charge is 0.338 e. The van der Waals surface area contributed by atoms with Gasteiger partial charge in [-0.25, -0.2) is 9.78 Å². The number of amides is 1. The first-order valence-corrected chi connectivity index (χ1v) is 11.6. The minimum atomic E-state index is -0.601. The Morgan fingerprint density at radius 2 is 1.88 bits per heavy atom. The molecule has 174 valence electrons. The molecular formula is C24H20ClN3O5S. The van der Waals surface area contributed by atoms with Gasteiger partial charge in [-0.05, 0) is 55.8 Å². The van der Waals surface area contributed by atoms with Gasteiger partial charge >= 0.3 is 5.97 Å².